The van der Waals surface area contributed by atoms with Gasteiger partial charge < -0.3 is 10.4 Å². The molecule has 5 aliphatic rings. The standard InChI is InChI=1S/C30H24N4O8/c35-26-22-21-12-13-30(16-6-2-1-3-7-16,24(22)28(37)31(26)17-8-4-10-19(14-17)33(39)40)25-23(21)27(36)32(29(25)38)18-9-5-11-20(15-18)34(41)42/h1-15,21-25,33-34,39,41H/t21?,22-,23-,24+,25+,30?/m0/s1. The van der Waals surface area contributed by atoms with Gasteiger partial charge in [0.1, 0.15) is 0 Å². The highest BCUT2D eigenvalue weighted by atomic mass is 16.8. The Hall–Kier alpha value is -4.56. The Kier molecular flexibility index (Phi) is 5.79. The summed E-state index contributed by atoms with van der Waals surface area (Å²) < 4.78 is 0. The van der Waals surface area contributed by atoms with Crippen LogP contribution < -0.4 is 20.3 Å². The van der Waals surface area contributed by atoms with Crippen LogP contribution in [-0.2, 0) is 24.6 Å². The molecule has 0 radical (unpaired) electrons. The van der Waals surface area contributed by atoms with Crippen molar-refractivity contribution >= 4 is 46.4 Å². The van der Waals surface area contributed by atoms with Gasteiger partial charge in [-0.3, -0.25) is 19.2 Å². The van der Waals surface area contributed by atoms with E-state index in [1.807, 2.05) is 0 Å². The van der Waals surface area contributed by atoms with Crippen LogP contribution in [-0.4, -0.2) is 34.0 Å². The Bertz CT molecular complexity index is 1590. The Labute approximate surface area is 238 Å². The molecule has 12 nitrogen and oxygen atoms in total. The van der Waals surface area contributed by atoms with Gasteiger partial charge in [-0.2, -0.15) is 10.5 Å². The van der Waals surface area contributed by atoms with E-state index in [0.29, 0.717) is 5.56 Å². The normalized spacial score (nSPS) is 31.0. The first-order valence-electron chi connectivity index (χ1n) is 13.3. The Morgan fingerprint density at radius 3 is 1.57 bits per heavy atom. The van der Waals surface area contributed by atoms with Gasteiger partial charge in [0.15, 0.2) is 11.4 Å². The van der Waals surface area contributed by atoms with E-state index >= 15 is 0 Å². The minimum atomic E-state index is -1.36. The topological polar surface area (TPSA) is 170 Å². The summed E-state index contributed by atoms with van der Waals surface area (Å²) >= 11 is 0. The maximum atomic E-state index is 14.3. The summed E-state index contributed by atoms with van der Waals surface area (Å²) in [7, 11) is 0. The zero-order valence-corrected chi connectivity index (χ0v) is 21.8. The molecule has 212 valence electrons. The Morgan fingerprint density at radius 1 is 0.643 bits per heavy atom. The van der Waals surface area contributed by atoms with E-state index in [0.717, 1.165) is 9.80 Å². The van der Waals surface area contributed by atoms with Crippen LogP contribution in [0.5, 0.6) is 0 Å². The van der Waals surface area contributed by atoms with E-state index in [2.05, 4.69) is 0 Å². The van der Waals surface area contributed by atoms with Crippen LogP contribution in [0.1, 0.15) is 5.56 Å². The predicted octanol–water partition coefficient (Wildman–Crippen LogP) is 0.542. The zero-order chi connectivity index (χ0) is 29.5. The van der Waals surface area contributed by atoms with Crippen LogP contribution in [0.3, 0.4) is 0 Å². The van der Waals surface area contributed by atoms with Crippen LogP contribution in [0, 0.1) is 40.0 Å². The van der Waals surface area contributed by atoms with Crippen LogP contribution in [0.25, 0.3) is 0 Å². The van der Waals surface area contributed by atoms with Crippen molar-refractivity contribution in [3.8, 4) is 0 Å². The molecule has 42 heavy (non-hydrogen) atoms. The second kappa shape index (κ2) is 9.22. The molecule has 3 fully saturated rings. The molecule has 0 aromatic heterocycles. The molecule has 2 bridgehead atoms. The lowest BCUT2D eigenvalue weighted by atomic mass is 9.45. The molecule has 2 aliphatic heterocycles. The van der Waals surface area contributed by atoms with Gasteiger partial charge in [-0.05, 0) is 17.7 Å². The number of quaternary nitrogens is 2. The molecule has 1 saturated carbocycles. The van der Waals surface area contributed by atoms with Crippen molar-refractivity contribution in [3.05, 3.63) is 107 Å². The van der Waals surface area contributed by atoms with Gasteiger partial charge in [-0.15, -0.1) is 0 Å². The summed E-state index contributed by atoms with van der Waals surface area (Å²) in [6, 6.07) is 19.9. The summed E-state index contributed by atoms with van der Waals surface area (Å²) in [4.78, 5) is 58.8. The fraction of sp³-hybridized carbons (Fsp3) is 0.200. The maximum absolute atomic E-state index is 14.3. The number of benzene rings is 3. The molecule has 8 rings (SSSR count). The van der Waals surface area contributed by atoms with Gasteiger partial charge in [0, 0.05) is 35.6 Å². The third-order valence-corrected chi connectivity index (χ3v) is 9.13. The number of allylic oxidation sites excluding steroid dienone is 2. The first kappa shape index (κ1) is 26.3. The number of hydrogen-bond donors (Lipinski definition) is 4. The number of carbonyl (C=O) groups is 4. The average molecular weight is 569 g/mol. The van der Waals surface area contributed by atoms with Crippen LogP contribution >= 0.6 is 0 Å². The first-order chi connectivity index (χ1) is 20.2. The van der Waals surface area contributed by atoms with Gasteiger partial charge in [0.25, 0.3) is 0 Å². The summed E-state index contributed by atoms with van der Waals surface area (Å²) in [5.74, 6) is -7.05. The molecule has 2 unspecified atom stereocenters. The Morgan fingerprint density at radius 2 is 1.12 bits per heavy atom. The molecule has 0 spiro atoms. The first-order valence-corrected chi connectivity index (χ1v) is 13.3. The van der Waals surface area contributed by atoms with Crippen molar-refractivity contribution < 1.29 is 40.0 Å². The van der Waals surface area contributed by atoms with E-state index in [4.69, 9.17) is 0 Å². The van der Waals surface area contributed by atoms with Gasteiger partial charge in [-0.1, -0.05) is 54.6 Å². The van der Waals surface area contributed by atoms with Crippen molar-refractivity contribution in [1.29, 1.82) is 0 Å². The number of hydrogen-bond acceptors (Lipinski definition) is 8. The monoisotopic (exact) mass is 568 g/mol. The van der Waals surface area contributed by atoms with Crippen LogP contribution in [0.4, 0.5) is 22.7 Å². The number of nitrogens with one attached hydrogen (secondary N) is 2. The molecule has 3 aromatic rings. The van der Waals surface area contributed by atoms with Crippen molar-refractivity contribution in [2.75, 3.05) is 9.80 Å². The van der Waals surface area contributed by atoms with Gasteiger partial charge in [0.2, 0.25) is 23.6 Å². The quantitative estimate of drug-likeness (QED) is 0.196. The molecule has 6 atom stereocenters. The number of anilines is 2. The molecule has 4 amide bonds. The molecule has 2 heterocycles. The van der Waals surface area contributed by atoms with E-state index < -0.39 is 69.1 Å². The second-order valence-corrected chi connectivity index (χ2v) is 11.0. The second-order valence-electron chi connectivity index (χ2n) is 11.0. The summed E-state index contributed by atoms with van der Waals surface area (Å²) in [5.41, 5.74) is -0.738. The minimum absolute atomic E-state index is 0.0942. The summed E-state index contributed by atoms with van der Waals surface area (Å²) in [6.45, 7) is 0. The lowest BCUT2D eigenvalue weighted by Crippen LogP contribution is -2.99. The number of rotatable bonds is 5. The molecule has 3 aromatic carbocycles. The molecule has 4 N–H and O–H groups in total. The van der Waals surface area contributed by atoms with Gasteiger partial charge in [0.05, 0.1) is 35.0 Å². The zero-order valence-electron chi connectivity index (χ0n) is 21.8. The smallest absolute Gasteiger partial charge is 0.238 e. The Balaban J connectivity index is 1.39. The molecule has 2 saturated heterocycles. The van der Waals surface area contributed by atoms with Crippen molar-refractivity contribution in [2.24, 2.45) is 29.6 Å². The van der Waals surface area contributed by atoms with E-state index in [1.165, 1.54) is 48.5 Å². The van der Waals surface area contributed by atoms with Gasteiger partial charge >= 0.3 is 0 Å². The molecular weight excluding hydrogens is 544 g/mol. The maximum Gasteiger partial charge on any atom is 0.238 e. The van der Waals surface area contributed by atoms with Crippen LogP contribution in [0.2, 0.25) is 0 Å². The fourth-order valence-corrected chi connectivity index (χ4v) is 7.54. The van der Waals surface area contributed by atoms with E-state index in [9.17, 15) is 40.0 Å². The lowest BCUT2D eigenvalue weighted by molar-refractivity contribution is -0.991. The lowest BCUT2D eigenvalue weighted by Gasteiger charge is -2.53. The van der Waals surface area contributed by atoms with Gasteiger partial charge in [-0.25, -0.2) is 20.2 Å². The highest BCUT2D eigenvalue weighted by Gasteiger charge is 2.75. The summed E-state index contributed by atoms with van der Waals surface area (Å²) in [5, 5.41) is 39.8. The summed E-state index contributed by atoms with van der Waals surface area (Å²) in [6.07, 6.45) is 3.53. The molecule has 12 heteroatoms. The molecular formula is C30H24N4O8. The van der Waals surface area contributed by atoms with E-state index in [-0.39, 0.29) is 22.7 Å². The van der Waals surface area contributed by atoms with Crippen LogP contribution in [0.15, 0.2) is 91.0 Å². The SMILES string of the molecule is O=C1[C@H]2C3C=CC(c4ccccc4)([C@H]2C(=O)N1c1cccc([NH+]([O-])O)c1)[C@H]1C(=O)N(c2cccc([NH+]([O-])O)c2)C(=O)[C@@H]31. The van der Waals surface area contributed by atoms with Crippen molar-refractivity contribution in [1.82, 2.24) is 0 Å². The van der Waals surface area contributed by atoms with Crippen molar-refractivity contribution in [3.63, 3.8) is 0 Å². The number of nitrogens with zero attached hydrogens (tertiary/aromatic N) is 2. The fourth-order valence-electron chi connectivity index (χ4n) is 7.54. The average Bonchev–Trinajstić information content (AvgIpc) is 3.44. The van der Waals surface area contributed by atoms with E-state index in [1.54, 1.807) is 42.5 Å². The third-order valence-electron chi connectivity index (χ3n) is 9.13. The number of imide groups is 2. The largest absolute Gasteiger partial charge is 0.595 e. The number of carbonyl (C=O) groups excluding carboxylic acids is 4. The minimum Gasteiger partial charge on any atom is -0.595 e. The predicted molar refractivity (Wildman–Crippen MR) is 144 cm³/mol. The molecule has 3 aliphatic carbocycles. The van der Waals surface area contributed by atoms with Crippen molar-refractivity contribution in [2.45, 2.75) is 5.41 Å². The number of amides is 4. The third kappa shape index (κ3) is 3.38. The highest BCUT2D eigenvalue weighted by Crippen LogP contribution is 2.65. The highest BCUT2D eigenvalue weighted by molar-refractivity contribution is 6.27.